The van der Waals surface area contributed by atoms with Gasteiger partial charge in [-0.25, -0.2) is 0 Å². The van der Waals surface area contributed by atoms with E-state index in [1.165, 1.54) is 0 Å². The first kappa shape index (κ1) is 13.2. The van der Waals surface area contributed by atoms with E-state index in [2.05, 4.69) is 10.3 Å². The van der Waals surface area contributed by atoms with Crippen molar-refractivity contribution in [3.05, 3.63) is 65.5 Å². The Hall–Kier alpha value is -2.20. The molecule has 1 atom stereocenters. The number of carboxylic acids is 1. The Balaban J connectivity index is 2.06. The van der Waals surface area contributed by atoms with Gasteiger partial charge in [-0.3, -0.25) is 15.1 Å². The van der Waals surface area contributed by atoms with Gasteiger partial charge in [0.2, 0.25) is 0 Å². The molecule has 1 aromatic carbocycles. The fraction of sp³-hybridized carbons (Fsp3) is 0.200. The summed E-state index contributed by atoms with van der Waals surface area (Å²) in [5.41, 5.74) is 2.66. The van der Waals surface area contributed by atoms with E-state index in [1.54, 1.807) is 18.3 Å². The summed E-state index contributed by atoms with van der Waals surface area (Å²) in [7, 11) is 0. The lowest BCUT2D eigenvalue weighted by Gasteiger charge is -2.14. The number of rotatable bonds is 5. The number of nitrogens with zero attached hydrogens (tertiary/aromatic N) is 1. The van der Waals surface area contributed by atoms with E-state index >= 15 is 0 Å². The van der Waals surface area contributed by atoms with Crippen LogP contribution in [0.4, 0.5) is 0 Å². The topological polar surface area (TPSA) is 62.2 Å². The molecule has 4 heteroatoms. The summed E-state index contributed by atoms with van der Waals surface area (Å²) in [5.74, 6) is -0.883. The van der Waals surface area contributed by atoms with Crippen LogP contribution >= 0.6 is 0 Å². The van der Waals surface area contributed by atoms with E-state index in [0.29, 0.717) is 6.54 Å². The lowest BCUT2D eigenvalue weighted by Crippen LogP contribution is -2.28. The van der Waals surface area contributed by atoms with Crippen LogP contribution in [-0.2, 0) is 11.3 Å². The summed E-state index contributed by atoms with van der Waals surface area (Å²) in [6.45, 7) is 2.39. The lowest BCUT2D eigenvalue weighted by molar-refractivity contribution is -0.139. The van der Waals surface area contributed by atoms with Crippen LogP contribution in [0, 0.1) is 6.92 Å². The van der Waals surface area contributed by atoms with Crippen LogP contribution in [0.1, 0.15) is 22.9 Å². The molecule has 0 aliphatic carbocycles. The average molecular weight is 256 g/mol. The third-order valence-electron chi connectivity index (χ3n) is 2.86. The predicted molar refractivity (Wildman–Crippen MR) is 72.6 cm³/mol. The number of aliphatic carboxylic acids is 1. The van der Waals surface area contributed by atoms with Crippen molar-refractivity contribution in [2.75, 3.05) is 0 Å². The molecular formula is C15H16N2O2. The quantitative estimate of drug-likeness (QED) is 0.861. The lowest BCUT2D eigenvalue weighted by atomic mass is 10.1. The molecule has 98 valence electrons. The van der Waals surface area contributed by atoms with E-state index in [4.69, 9.17) is 0 Å². The fourth-order valence-corrected chi connectivity index (χ4v) is 1.82. The molecule has 0 saturated heterocycles. The molecule has 1 heterocycles. The summed E-state index contributed by atoms with van der Waals surface area (Å²) < 4.78 is 0. The second-order valence-electron chi connectivity index (χ2n) is 4.37. The molecule has 0 amide bonds. The van der Waals surface area contributed by atoms with E-state index in [-0.39, 0.29) is 0 Å². The van der Waals surface area contributed by atoms with Crippen LogP contribution in [0.3, 0.4) is 0 Å². The molecule has 0 radical (unpaired) electrons. The van der Waals surface area contributed by atoms with Crippen molar-refractivity contribution in [3.8, 4) is 0 Å². The number of pyridine rings is 1. The highest BCUT2D eigenvalue weighted by molar-refractivity contribution is 5.75. The Labute approximate surface area is 112 Å². The number of aryl methyl sites for hydroxylation is 1. The van der Waals surface area contributed by atoms with Crippen molar-refractivity contribution >= 4 is 5.97 Å². The molecule has 4 nitrogen and oxygen atoms in total. The van der Waals surface area contributed by atoms with E-state index in [9.17, 15) is 9.90 Å². The number of nitrogens with one attached hydrogen (secondary N) is 1. The van der Waals surface area contributed by atoms with Crippen LogP contribution in [0.25, 0.3) is 0 Å². The van der Waals surface area contributed by atoms with Crippen molar-refractivity contribution in [2.45, 2.75) is 19.5 Å². The fourth-order valence-electron chi connectivity index (χ4n) is 1.82. The van der Waals surface area contributed by atoms with Gasteiger partial charge >= 0.3 is 5.97 Å². The molecule has 0 aliphatic rings. The molecule has 0 aliphatic heterocycles. The monoisotopic (exact) mass is 256 g/mol. The Morgan fingerprint density at radius 1 is 1.26 bits per heavy atom. The van der Waals surface area contributed by atoms with E-state index in [1.807, 2.05) is 37.3 Å². The molecule has 2 aromatic rings. The zero-order valence-corrected chi connectivity index (χ0v) is 10.7. The van der Waals surface area contributed by atoms with Gasteiger partial charge in [0.15, 0.2) is 0 Å². The van der Waals surface area contributed by atoms with Crippen molar-refractivity contribution in [2.24, 2.45) is 0 Å². The van der Waals surface area contributed by atoms with Gasteiger partial charge in [-0.05, 0) is 24.1 Å². The molecule has 2 rings (SSSR count). The maximum absolute atomic E-state index is 11.3. The highest BCUT2D eigenvalue weighted by Gasteiger charge is 2.18. The van der Waals surface area contributed by atoms with Gasteiger partial charge in [0.25, 0.3) is 0 Å². The molecule has 0 spiro atoms. The van der Waals surface area contributed by atoms with Crippen LogP contribution in [0.2, 0.25) is 0 Å². The minimum atomic E-state index is -0.883. The van der Waals surface area contributed by atoms with Crippen molar-refractivity contribution in [1.82, 2.24) is 10.3 Å². The van der Waals surface area contributed by atoms with Crippen LogP contribution < -0.4 is 5.32 Å². The van der Waals surface area contributed by atoms with Crippen molar-refractivity contribution in [1.29, 1.82) is 0 Å². The standard InChI is InChI=1S/C15H16N2O2/c1-11-7-8-12(9-16-11)10-17-14(15(18)19)13-5-3-2-4-6-13/h2-9,14,17H,10H2,1H3,(H,18,19). The summed E-state index contributed by atoms with van der Waals surface area (Å²) in [6, 6.07) is 12.3. The summed E-state index contributed by atoms with van der Waals surface area (Å²) in [6.07, 6.45) is 1.76. The third-order valence-corrected chi connectivity index (χ3v) is 2.86. The zero-order chi connectivity index (χ0) is 13.7. The minimum Gasteiger partial charge on any atom is -0.480 e. The molecule has 19 heavy (non-hydrogen) atoms. The van der Waals surface area contributed by atoms with Crippen LogP contribution in [-0.4, -0.2) is 16.1 Å². The number of benzene rings is 1. The molecule has 1 aromatic heterocycles. The Bertz CT molecular complexity index is 538. The predicted octanol–water partition coefficient (Wildman–Crippen LogP) is 2.31. The van der Waals surface area contributed by atoms with Crippen LogP contribution in [0.5, 0.6) is 0 Å². The Kier molecular flexibility index (Phi) is 4.26. The summed E-state index contributed by atoms with van der Waals surface area (Å²) >= 11 is 0. The first-order valence-corrected chi connectivity index (χ1v) is 6.09. The highest BCUT2D eigenvalue weighted by Crippen LogP contribution is 2.13. The number of aromatic nitrogens is 1. The smallest absolute Gasteiger partial charge is 0.325 e. The third kappa shape index (κ3) is 3.63. The van der Waals surface area contributed by atoms with Gasteiger partial charge in [-0.2, -0.15) is 0 Å². The average Bonchev–Trinajstić information content (AvgIpc) is 2.42. The van der Waals surface area contributed by atoms with Gasteiger partial charge in [0.1, 0.15) is 6.04 Å². The molecule has 2 N–H and O–H groups in total. The molecule has 0 saturated carbocycles. The Morgan fingerprint density at radius 2 is 2.00 bits per heavy atom. The van der Waals surface area contributed by atoms with E-state index in [0.717, 1.165) is 16.8 Å². The summed E-state index contributed by atoms with van der Waals surface area (Å²) in [4.78, 5) is 15.5. The van der Waals surface area contributed by atoms with Crippen molar-refractivity contribution < 1.29 is 9.90 Å². The van der Waals surface area contributed by atoms with Gasteiger partial charge in [-0.1, -0.05) is 36.4 Å². The molecular weight excluding hydrogens is 240 g/mol. The normalized spacial score (nSPS) is 12.1. The minimum absolute atomic E-state index is 0.471. The molecule has 0 fully saturated rings. The van der Waals surface area contributed by atoms with Crippen LogP contribution in [0.15, 0.2) is 48.7 Å². The van der Waals surface area contributed by atoms with Gasteiger partial charge in [0.05, 0.1) is 0 Å². The zero-order valence-electron chi connectivity index (χ0n) is 10.7. The summed E-state index contributed by atoms with van der Waals surface area (Å²) in [5, 5.41) is 12.3. The number of carboxylic acid groups (broad SMARTS) is 1. The highest BCUT2D eigenvalue weighted by atomic mass is 16.4. The Morgan fingerprint density at radius 3 is 2.58 bits per heavy atom. The van der Waals surface area contributed by atoms with Crippen molar-refractivity contribution in [3.63, 3.8) is 0 Å². The number of hydrogen-bond acceptors (Lipinski definition) is 3. The van der Waals surface area contributed by atoms with Gasteiger partial charge in [-0.15, -0.1) is 0 Å². The van der Waals surface area contributed by atoms with Gasteiger partial charge < -0.3 is 5.11 Å². The van der Waals surface area contributed by atoms with Gasteiger partial charge in [0, 0.05) is 18.4 Å². The molecule has 1 unspecified atom stereocenters. The maximum atomic E-state index is 11.3. The number of carbonyl (C=O) groups is 1. The SMILES string of the molecule is Cc1ccc(CNC(C(=O)O)c2ccccc2)cn1. The number of hydrogen-bond donors (Lipinski definition) is 2. The largest absolute Gasteiger partial charge is 0.480 e. The second kappa shape index (κ2) is 6.11. The van der Waals surface area contributed by atoms with E-state index < -0.39 is 12.0 Å². The first-order valence-electron chi connectivity index (χ1n) is 6.09. The maximum Gasteiger partial charge on any atom is 0.325 e. The second-order valence-corrected chi connectivity index (χ2v) is 4.37. The first-order chi connectivity index (χ1) is 9.16. The molecule has 0 bridgehead atoms.